The van der Waals surface area contributed by atoms with E-state index in [2.05, 4.69) is 44.0 Å². The second-order valence-corrected chi connectivity index (χ2v) is 3.99. The van der Waals surface area contributed by atoms with Gasteiger partial charge in [0.05, 0.1) is 17.8 Å². The lowest BCUT2D eigenvalue weighted by Crippen LogP contribution is -2.12. The number of hydrogen-bond acceptors (Lipinski definition) is 3. The highest BCUT2D eigenvalue weighted by Crippen LogP contribution is 2.36. The average Bonchev–Trinajstić information content (AvgIpc) is 2.45. The lowest BCUT2D eigenvalue weighted by atomic mass is 10.2. The summed E-state index contributed by atoms with van der Waals surface area (Å²) in [7, 11) is 0. The summed E-state index contributed by atoms with van der Waals surface area (Å²) in [6.07, 6.45) is 6.13. The number of nitrogens with one attached hydrogen (secondary N) is 1. The van der Waals surface area contributed by atoms with Gasteiger partial charge in [-0.15, -0.1) is 0 Å². The first-order valence-electron chi connectivity index (χ1n) is 3.26. The zero-order valence-corrected chi connectivity index (χ0v) is 8.37. The number of fused-ring (bicyclic) bond motifs is 1. The molecule has 0 aromatic carbocycles. The summed E-state index contributed by atoms with van der Waals surface area (Å²) in [5.41, 5.74) is 2.43. The predicted molar refractivity (Wildman–Crippen MR) is 51.4 cm³/mol. The van der Waals surface area contributed by atoms with E-state index < -0.39 is 0 Å². The van der Waals surface area contributed by atoms with E-state index in [9.17, 15) is 0 Å². The standard InChI is InChI=1S/C7H7BrN2S/c1-5-2-3-6(8)7-4-9-11-10(5)7/h2-4,9H,1H3. The van der Waals surface area contributed by atoms with E-state index in [1.54, 1.807) is 12.1 Å². The highest BCUT2D eigenvalue weighted by molar-refractivity contribution is 9.12. The van der Waals surface area contributed by atoms with Crippen molar-refractivity contribution in [3.05, 3.63) is 34.2 Å². The van der Waals surface area contributed by atoms with Gasteiger partial charge in [-0.25, -0.2) is 0 Å². The highest BCUT2D eigenvalue weighted by atomic mass is 79.9. The van der Waals surface area contributed by atoms with Gasteiger partial charge in [-0.05, 0) is 35.0 Å². The van der Waals surface area contributed by atoms with Crippen LogP contribution in [0.2, 0.25) is 0 Å². The third-order valence-electron chi connectivity index (χ3n) is 1.59. The van der Waals surface area contributed by atoms with Gasteiger partial charge in [0.1, 0.15) is 0 Å². The molecule has 0 atom stereocenters. The second kappa shape index (κ2) is 2.60. The molecule has 2 rings (SSSR count). The Morgan fingerprint density at radius 3 is 3.09 bits per heavy atom. The molecule has 0 unspecified atom stereocenters. The lowest BCUT2D eigenvalue weighted by molar-refractivity contribution is 0.728. The van der Waals surface area contributed by atoms with Crippen LogP contribution in [0.25, 0.3) is 0 Å². The van der Waals surface area contributed by atoms with Gasteiger partial charge < -0.3 is 4.72 Å². The zero-order valence-electron chi connectivity index (χ0n) is 5.97. The number of halogens is 1. The lowest BCUT2D eigenvalue weighted by Gasteiger charge is -2.22. The van der Waals surface area contributed by atoms with Gasteiger partial charge in [0.25, 0.3) is 0 Å². The van der Waals surface area contributed by atoms with Crippen LogP contribution in [0, 0.1) is 0 Å². The Balaban J connectivity index is 2.42. The molecule has 11 heavy (non-hydrogen) atoms. The molecule has 0 amide bonds. The maximum absolute atomic E-state index is 3.48. The van der Waals surface area contributed by atoms with Crippen LogP contribution in [0.4, 0.5) is 0 Å². The smallest absolute Gasteiger partial charge is 0.0845 e. The molecule has 0 saturated carbocycles. The third kappa shape index (κ3) is 1.10. The van der Waals surface area contributed by atoms with Crippen LogP contribution in [-0.2, 0) is 0 Å². The van der Waals surface area contributed by atoms with Crippen LogP contribution in [0.1, 0.15) is 6.92 Å². The molecule has 58 valence electrons. The van der Waals surface area contributed by atoms with E-state index in [0.29, 0.717) is 0 Å². The molecular formula is C7H7BrN2S. The SMILES string of the molecule is CC1=CC=C(Br)C2=CNSN12. The first-order valence-corrected chi connectivity index (χ1v) is 4.83. The van der Waals surface area contributed by atoms with Crippen LogP contribution in [0.5, 0.6) is 0 Å². The molecule has 0 aromatic heterocycles. The minimum Gasteiger partial charge on any atom is -0.316 e. The first kappa shape index (κ1) is 7.31. The van der Waals surface area contributed by atoms with Crippen LogP contribution in [0.15, 0.2) is 34.2 Å². The van der Waals surface area contributed by atoms with Crippen molar-refractivity contribution in [3.63, 3.8) is 0 Å². The Bertz CT molecular complexity index is 280. The van der Waals surface area contributed by atoms with Gasteiger partial charge in [-0.2, -0.15) is 0 Å². The maximum Gasteiger partial charge on any atom is 0.0845 e. The Kier molecular flexibility index (Phi) is 1.73. The quantitative estimate of drug-likeness (QED) is 0.645. The minimum atomic E-state index is 1.13. The fraction of sp³-hybridized carbons (Fsp3) is 0.143. The van der Waals surface area contributed by atoms with Gasteiger partial charge in [0.15, 0.2) is 0 Å². The van der Waals surface area contributed by atoms with Crippen LogP contribution in [0.3, 0.4) is 0 Å². The second-order valence-electron chi connectivity index (χ2n) is 2.36. The van der Waals surface area contributed by atoms with Crippen molar-refractivity contribution in [2.24, 2.45) is 0 Å². The number of allylic oxidation sites excluding steroid dienone is 4. The molecule has 0 bridgehead atoms. The molecule has 1 N–H and O–H groups in total. The van der Waals surface area contributed by atoms with Gasteiger partial charge in [0.2, 0.25) is 0 Å². The highest BCUT2D eigenvalue weighted by Gasteiger charge is 2.21. The molecule has 0 aliphatic carbocycles. The Labute approximate surface area is 78.4 Å². The van der Waals surface area contributed by atoms with Crippen molar-refractivity contribution in [2.45, 2.75) is 6.92 Å². The van der Waals surface area contributed by atoms with Crippen molar-refractivity contribution in [3.8, 4) is 0 Å². The van der Waals surface area contributed by atoms with Crippen molar-refractivity contribution in [1.82, 2.24) is 9.03 Å². The van der Waals surface area contributed by atoms with Crippen molar-refractivity contribution >= 4 is 28.1 Å². The average molecular weight is 231 g/mol. The maximum atomic E-state index is 3.48. The molecule has 2 heterocycles. The number of hydrogen-bond donors (Lipinski definition) is 1. The molecule has 0 radical (unpaired) electrons. The number of rotatable bonds is 0. The summed E-state index contributed by atoms with van der Waals surface area (Å²) in [6, 6.07) is 0. The zero-order chi connectivity index (χ0) is 7.84. The molecule has 0 aromatic rings. The summed E-state index contributed by atoms with van der Waals surface area (Å²) >= 11 is 5.07. The van der Waals surface area contributed by atoms with Gasteiger partial charge in [0, 0.05) is 16.4 Å². The molecule has 2 nitrogen and oxygen atoms in total. The molecule has 2 aliphatic rings. The van der Waals surface area contributed by atoms with Gasteiger partial charge in [-0.1, -0.05) is 0 Å². The molecule has 4 heteroatoms. The fourth-order valence-electron chi connectivity index (χ4n) is 1.02. The van der Waals surface area contributed by atoms with E-state index >= 15 is 0 Å². The van der Waals surface area contributed by atoms with Crippen molar-refractivity contribution < 1.29 is 0 Å². The van der Waals surface area contributed by atoms with Crippen LogP contribution >= 0.6 is 28.1 Å². The van der Waals surface area contributed by atoms with Gasteiger partial charge in [-0.3, -0.25) is 4.31 Å². The van der Waals surface area contributed by atoms with E-state index in [0.717, 1.165) is 4.48 Å². The largest absolute Gasteiger partial charge is 0.316 e. The monoisotopic (exact) mass is 230 g/mol. The predicted octanol–water partition coefficient (Wildman–Crippen LogP) is 2.49. The summed E-state index contributed by atoms with van der Waals surface area (Å²) < 4.78 is 6.36. The first-order chi connectivity index (χ1) is 5.29. The van der Waals surface area contributed by atoms with Crippen molar-refractivity contribution in [2.75, 3.05) is 0 Å². The Hall–Kier alpha value is -0.350. The molecule has 0 spiro atoms. The van der Waals surface area contributed by atoms with Crippen LogP contribution in [-0.4, -0.2) is 4.31 Å². The molecule has 0 fully saturated rings. The van der Waals surface area contributed by atoms with E-state index in [1.807, 2.05) is 6.20 Å². The normalized spacial score (nSPS) is 21.6. The Morgan fingerprint density at radius 1 is 1.55 bits per heavy atom. The Morgan fingerprint density at radius 2 is 2.36 bits per heavy atom. The minimum absolute atomic E-state index is 1.13. The molecule has 2 aliphatic heterocycles. The summed E-state index contributed by atoms with van der Waals surface area (Å²) in [5, 5.41) is 0. The summed E-state index contributed by atoms with van der Waals surface area (Å²) in [6.45, 7) is 2.09. The number of nitrogens with zero attached hydrogens (tertiary/aromatic N) is 1. The van der Waals surface area contributed by atoms with Crippen molar-refractivity contribution in [1.29, 1.82) is 0 Å². The van der Waals surface area contributed by atoms with Crippen LogP contribution < -0.4 is 4.72 Å². The summed E-state index contributed by atoms with van der Waals surface area (Å²) in [5.74, 6) is 0. The van der Waals surface area contributed by atoms with E-state index in [1.165, 1.54) is 11.4 Å². The van der Waals surface area contributed by atoms with Gasteiger partial charge >= 0.3 is 0 Å². The fourth-order valence-corrected chi connectivity index (χ4v) is 2.28. The topological polar surface area (TPSA) is 15.3 Å². The summed E-state index contributed by atoms with van der Waals surface area (Å²) in [4.78, 5) is 0. The molecular weight excluding hydrogens is 224 g/mol. The van der Waals surface area contributed by atoms with E-state index in [4.69, 9.17) is 0 Å². The van der Waals surface area contributed by atoms with E-state index in [-0.39, 0.29) is 0 Å². The third-order valence-corrected chi connectivity index (χ3v) is 3.16. The molecule has 0 saturated heterocycles.